The fourth-order valence-electron chi connectivity index (χ4n) is 2.66. The van der Waals surface area contributed by atoms with Crippen molar-refractivity contribution in [3.8, 4) is 5.75 Å². The van der Waals surface area contributed by atoms with E-state index in [0.717, 1.165) is 11.1 Å². The largest absolute Gasteiger partial charge is 0.484 e. The van der Waals surface area contributed by atoms with Gasteiger partial charge < -0.3 is 4.74 Å². The summed E-state index contributed by atoms with van der Waals surface area (Å²) < 4.78 is 28.1. The molecule has 1 aliphatic heterocycles. The number of aryl methyl sites for hydroxylation is 2. The number of hydrazine groups is 1. The molecule has 9 heteroatoms. The van der Waals surface area contributed by atoms with Crippen LogP contribution in [-0.2, 0) is 19.4 Å². The average molecular weight is 389 g/mol. The van der Waals surface area contributed by atoms with Crippen LogP contribution in [0.5, 0.6) is 5.75 Å². The van der Waals surface area contributed by atoms with E-state index >= 15 is 0 Å². The molecule has 1 heterocycles. The van der Waals surface area contributed by atoms with Crippen LogP contribution < -0.4 is 15.6 Å². The van der Waals surface area contributed by atoms with E-state index in [4.69, 9.17) is 16.3 Å². The number of hydrogen-bond acceptors (Lipinski definition) is 5. The van der Waals surface area contributed by atoms with E-state index in [1.54, 1.807) is 12.1 Å². The van der Waals surface area contributed by atoms with Crippen molar-refractivity contribution in [1.82, 2.24) is 10.9 Å². The minimum absolute atomic E-state index is 0.0206. The van der Waals surface area contributed by atoms with Crippen LogP contribution in [0.2, 0.25) is 5.02 Å². The highest BCUT2D eigenvalue weighted by atomic mass is 35.5. The second-order valence-corrected chi connectivity index (χ2v) is 8.84. The Kier molecular flexibility index (Phi) is 6.29. The number of carbonyl (C=O) groups is 2. The van der Waals surface area contributed by atoms with Gasteiger partial charge in [0.1, 0.15) is 5.75 Å². The maximum atomic E-state index is 11.7. The fourth-order valence-corrected chi connectivity index (χ4v) is 4.63. The Morgan fingerprint density at radius 3 is 2.36 bits per heavy atom. The quantitative estimate of drug-likeness (QED) is 0.740. The van der Waals surface area contributed by atoms with E-state index in [0.29, 0.717) is 17.2 Å². The van der Waals surface area contributed by atoms with Gasteiger partial charge in [0.15, 0.2) is 16.4 Å². The van der Waals surface area contributed by atoms with Gasteiger partial charge in [0, 0.05) is 11.4 Å². The van der Waals surface area contributed by atoms with Crippen molar-refractivity contribution in [2.24, 2.45) is 5.92 Å². The van der Waals surface area contributed by atoms with Crippen LogP contribution in [0.25, 0.3) is 0 Å². The second-order valence-electron chi connectivity index (χ2n) is 6.23. The second kappa shape index (κ2) is 8.05. The highest BCUT2D eigenvalue weighted by molar-refractivity contribution is 7.91. The molecule has 0 aliphatic carbocycles. The lowest BCUT2D eigenvalue weighted by Crippen LogP contribution is -2.44. The van der Waals surface area contributed by atoms with Crippen LogP contribution in [0.15, 0.2) is 12.1 Å². The maximum absolute atomic E-state index is 11.7. The molecule has 1 atom stereocenters. The predicted octanol–water partition coefficient (Wildman–Crippen LogP) is 1.31. The molecule has 25 heavy (non-hydrogen) atoms. The number of carbonyl (C=O) groups excluding carboxylic acids is 2. The molecule has 1 fully saturated rings. The smallest absolute Gasteiger partial charge is 0.276 e. The van der Waals surface area contributed by atoms with Crippen molar-refractivity contribution in [1.29, 1.82) is 0 Å². The summed E-state index contributed by atoms with van der Waals surface area (Å²) in [7, 11) is -3.02. The first kappa shape index (κ1) is 19.5. The number of rotatable bonds is 5. The fraction of sp³-hybridized carbons (Fsp3) is 0.500. The van der Waals surface area contributed by atoms with Gasteiger partial charge in [0.05, 0.1) is 11.5 Å². The van der Waals surface area contributed by atoms with E-state index < -0.39 is 21.7 Å². The van der Waals surface area contributed by atoms with Gasteiger partial charge in [-0.3, -0.25) is 20.4 Å². The van der Waals surface area contributed by atoms with Crippen LogP contribution in [0.3, 0.4) is 0 Å². The van der Waals surface area contributed by atoms with Gasteiger partial charge in [-0.25, -0.2) is 8.42 Å². The molecule has 7 nitrogen and oxygen atoms in total. The average Bonchev–Trinajstić information content (AvgIpc) is 2.87. The number of ether oxygens (including phenoxy) is 1. The van der Waals surface area contributed by atoms with Crippen LogP contribution in [0.4, 0.5) is 0 Å². The molecule has 1 aromatic rings. The molecule has 0 bridgehead atoms. The first-order valence-electron chi connectivity index (χ1n) is 7.84. The third-order valence-corrected chi connectivity index (χ3v) is 6.36. The summed E-state index contributed by atoms with van der Waals surface area (Å²) in [4.78, 5) is 23.5. The van der Waals surface area contributed by atoms with Gasteiger partial charge >= 0.3 is 0 Å². The van der Waals surface area contributed by atoms with Gasteiger partial charge in [0.25, 0.3) is 5.91 Å². The summed E-state index contributed by atoms with van der Waals surface area (Å²) in [5, 5.41) is 0.651. The zero-order valence-electron chi connectivity index (χ0n) is 14.1. The number of nitrogens with one attached hydrogen (secondary N) is 2. The molecule has 138 valence electrons. The summed E-state index contributed by atoms with van der Waals surface area (Å²) in [6.07, 6.45) is 0.540. The Balaban J connectivity index is 1.73. The van der Waals surface area contributed by atoms with Crippen LogP contribution in [0.1, 0.15) is 24.0 Å². The van der Waals surface area contributed by atoms with E-state index in [1.165, 1.54) is 0 Å². The van der Waals surface area contributed by atoms with Crippen molar-refractivity contribution in [3.63, 3.8) is 0 Å². The number of sulfone groups is 1. The molecule has 0 saturated carbocycles. The molecule has 1 aliphatic rings. The summed E-state index contributed by atoms with van der Waals surface area (Å²) in [6.45, 7) is 3.41. The summed E-state index contributed by atoms with van der Waals surface area (Å²) in [6, 6.07) is 3.45. The Labute approximate surface area is 152 Å². The van der Waals surface area contributed by atoms with Crippen LogP contribution in [-0.4, -0.2) is 38.3 Å². The van der Waals surface area contributed by atoms with Crippen molar-refractivity contribution in [2.45, 2.75) is 26.7 Å². The number of halogens is 1. The molecule has 1 saturated heterocycles. The summed E-state index contributed by atoms with van der Waals surface area (Å²) in [5.74, 6) is -0.487. The van der Waals surface area contributed by atoms with E-state index in [-0.39, 0.29) is 30.5 Å². The third kappa shape index (κ3) is 5.89. The molecule has 1 unspecified atom stereocenters. The molecular formula is C16H21ClN2O5S. The van der Waals surface area contributed by atoms with Crippen molar-refractivity contribution >= 4 is 33.3 Å². The maximum Gasteiger partial charge on any atom is 0.276 e. The molecule has 0 aromatic heterocycles. The zero-order valence-corrected chi connectivity index (χ0v) is 15.7. The molecule has 2 amide bonds. The van der Waals surface area contributed by atoms with Crippen LogP contribution >= 0.6 is 11.6 Å². The van der Waals surface area contributed by atoms with Gasteiger partial charge in [-0.05, 0) is 49.4 Å². The molecule has 0 spiro atoms. The Morgan fingerprint density at radius 1 is 1.20 bits per heavy atom. The minimum atomic E-state index is -3.02. The molecule has 0 radical (unpaired) electrons. The first-order chi connectivity index (χ1) is 11.7. The Bertz CT molecular complexity index is 756. The normalized spacial score (nSPS) is 18.6. The number of benzene rings is 1. The molecular weight excluding hydrogens is 368 g/mol. The third-order valence-electron chi connectivity index (χ3n) is 3.92. The molecule has 1 aromatic carbocycles. The Morgan fingerprint density at radius 2 is 1.80 bits per heavy atom. The monoisotopic (exact) mass is 388 g/mol. The van der Waals surface area contributed by atoms with Gasteiger partial charge in [-0.15, -0.1) is 0 Å². The van der Waals surface area contributed by atoms with Gasteiger partial charge in [0.2, 0.25) is 5.91 Å². The van der Waals surface area contributed by atoms with Crippen molar-refractivity contribution in [3.05, 3.63) is 28.3 Å². The lowest BCUT2D eigenvalue weighted by Gasteiger charge is -2.12. The first-order valence-corrected chi connectivity index (χ1v) is 10.0. The highest BCUT2D eigenvalue weighted by Crippen LogP contribution is 2.25. The van der Waals surface area contributed by atoms with E-state index in [9.17, 15) is 18.0 Å². The Hall–Kier alpha value is -1.80. The van der Waals surface area contributed by atoms with Crippen LogP contribution in [0, 0.1) is 19.8 Å². The topological polar surface area (TPSA) is 102 Å². The van der Waals surface area contributed by atoms with Gasteiger partial charge in [-0.1, -0.05) is 11.6 Å². The number of hydrogen-bond donors (Lipinski definition) is 2. The zero-order chi connectivity index (χ0) is 18.6. The number of amides is 2. The predicted molar refractivity (Wildman–Crippen MR) is 94.1 cm³/mol. The SMILES string of the molecule is Cc1cc(OCC(=O)NNC(=O)CC2CCS(=O)(=O)C2)cc(C)c1Cl. The van der Waals surface area contributed by atoms with E-state index in [1.807, 2.05) is 13.8 Å². The summed E-state index contributed by atoms with van der Waals surface area (Å²) >= 11 is 6.06. The lowest BCUT2D eigenvalue weighted by atomic mass is 10.1. The highest BCUT2D eigenvalue weighted by Gasteiger charge is 2.29. The van der Waals surface area contributed by atoms with Crippen molar-refractivity contribution < 1.29 is 22.7 Å². The van der Waals surface area contributed by atoms with Crippen molar-refractivity contribution in [2.75, 3.05) is 18.1 Å². The molecule has 2 rings (SSSR count). The van der Waals surface area contributed by atoms with E-state index in [2.05, 4.69) is 10.9 Å². The lowest BCUT2D eigenvalue weighted by molar-refractivity contribution is -0.130. The minimum Gasteiger partial charge on any atom is -0.484 e. The standard InChI is InChI=1S/C16H21ClN2O5S/c1-10-5-13(6-11(2)16(10)17)24-8-15(21)19-18-14(20)7-12-3-4-25(22,23)9-12/h5-6,12H,3-4,7-9H2,1-2H3,(H,18,20)(H,19,21). The van der Waals surface area contributed by atoms with Gasteiger partial charge in [-0.2, -0.15) is 0 Å². The molecule has 2 N–H and O–H groups in total. The summed E-state index contributed by atoms with van der Waals surface area (Å²) in [5.41, 5.74) is 6.21.